The van der Waals surface area contributed by atoms with Gasteiger partial charge in [-0.1, -0.05) is 30.3 Å². The lowest BCUT2D eigenvalue weighted by Gasteiger charge is -2.15. The number of rotatable bonds is 5. The highest BCUT2D eigenvalue weighted by Gasteiger charge is 2.12. The van der Waals surface area contributed by atoms with Gasteiger partial charge in [-0.25, -0.2) is 0 Å². The van der Waals surface area contributed by atoms with Crippen molar-refractivity contribution in [1.82, 2.24) is 15.5 Å². The van der Waals surface area contributed by atoms with Gasteiger partial charge in [0, 0.05) is 6.07 Å². The van der Waals surface area contributed by atoms with Gasteiger partial charge in [-0.15, -0.1) is 5.10 Å². The molecule has 4 nitrogen and oxygen atoms in total. The summed E-state index contributed by atoms with van der Waals surface area (Å²) in [6, 6.07) is 14.3. The third kappa shape index (κ3) is 3.05. The van der Waals surface area contributed by atoms with Crippen LogP contribution in [0.5, 0.6) is 5.88 Å². The van der Waals surface area contributed by atoms with Crippen LogP contribution in [0.15, 0.2) is 42.5 Å². The Hall–Kier alpha value is -1.94. The number of methoxy groups -OCH3 is 1. The van der Waals surface area contributed by atoms with E-state index in [0.717, 1.165) is 12.1 Å². The van der Waals surface area contributed by atoms with E-state index < -0.39 is 0 Å². The highest BCUT2D eigenvalue weighted by Crippen LogP contribution is 2.16. The standard InChI is InChI=1S/C14H17N3O/c1-15-13(10-11-6-4-3-5-7-11)12-8-9-14(18-2)17-16-12/h3-9,13,15H,10H2,1-2H3. The molecule has 4 heteroatoms. The maximum atomic E-state index is 5.01. The van der Waals surface area contributed by atoms with Crippen LogP contribution in [-0.2, 0) is 6.42 Å². The van der Waals surface area contributed by atoms with Gasteiger partial charge in [0.05, 0.1) is 18.8 Å². The number of hydrogen-bond acceptors (Lipinski definition) is 4. The van der Waals surface area contributed by atoms with Crippen molar-refractivity contribution in [2.45, 2.75) is 12.5 Å². The highest BCUT2D eigenvalue weighted by atomic mass is 16.5. The molecule has 1 N–H and O–H groups in total. The lowest BCUT2D eigenvalue weighted by atomic mass is 10.0. The van der Waals surface area contributed by atoms with Crippen LogP contribution < -0.4 is 10.1 Å². The highest BCUT2D eigenvalue weighted by molar-refractivity contribution is 5.20. The first-order valence-corrected chi connectivity index (χ1v) is 5.92. The van der Waals surface area contributed by atoms with Crippen molar-refractivity contribution in [2.24, 2.45) is 0 Å². The molecule has 1 unspecified atom stereocenters. The average Bonchev–Trinajstić information content (AvgIpc) is 2.46. The van der Waals surface area contributed by atoms with Gasteiger partial charge < -0.3 is 10.1 Å². The number of likely N-dealkylation sites (N-methyl/N-ethyl adjacent to an activating group) is 1. The number of ether oxygens (including phenoxy) is 1. The SMILES string of the molecule is CNC(Cc1ccccc1)c1ccc(OC)nn1. The number of benzene rings is 1. The summed E-state index contributed by atoms with van der Waals surface area (Å²) in [5.41, 5.74) is 2.19. The van der Waals surface area contributed by atoms with E-state index in [1.165, 1.54) is 5.56 Å². The number of nitrogens with one attached hydrogen (secondary N) is 1. The van der Waals surface area contributed by atoms with Crippen LogP contribution in [-0.4, -0.2) is 24.4 Å². The molecular weight excluding hydrogens is 226 g/mol. The van der Waals surface area contributed by atoms with Gasteiger partial charge in [0.1, 0.15) is 0 Å². The Morgan fingerprint density at radius 3 is 2.44 bits per heavy atom. The summed E-state index contributed by atoms with van der Waals surface area (Å²) in [6.45, 7) is 0. The lowest BCUT2D eigenvalue weighted by molar-refractivity contribution is 0.389. The summed E-state index contributed by atoms with van der Waals surface area (Å²) < 4.78 is 5.01. The first kappa shape index (κ1) is 12.5. The summed E-state index contributed by atoms with van der Waals surface area (Å²) in [7, 11) is 3.52. The summed E-state index contributed by atoms with van der Waals surface area (Å²) in [4.78, 5) is 0. The van der Waals surface area contributed by atoms with Crippen molar-refractivity contribution in [3.8, 4) is 5.88 Å². The second-order valence-corrected chi connectivity index (χ2v) is 4.03. The molecule has 0 fully saturated rings. The monoisotopic (exact) mass is 243 g/mol. The summed E-state index contributed by atoms with van der Waals surface area (Å²) in [5, 5.41) is 11.4. The van der Waals surface area contributed by atoms with E-state index in [0.29, 0.717) is 5.88 Å². The van der Waals surface area contributed by atoms with Crippen LogP contribution >= 0.6 is 0 Å². The average molecular weight is 243 g/mol. The van der Waals surface area contributed by atoms with Crippen molar-refractivity contribution in [3.63, 3.8) is 0 Å². The Kier molecular flexibility index (Phi) is 4.25. The van der Waals surface area contributed by atoms with Gasteiger partial charge in [-0.2, -0.15) is 5.10 Å². The minimum absolute atomic E-state index is 0.158. The minimum atomic E-state index is 0.158. The summed E-state index contributed by atoms with van der Waals surface area (Å²) in [6.07, 6.45) is 0.887. The number of aromatic nitrogens is 2. The molecular formula is C14H17N3O. The molecule has 0 aliphatic heterocycles. The smallest absolute Gasteiger partial charge is 0.233 e. The molecule has 0 radical (unpaired) electrons. The minimum Gasteiger partial charge on any atom is -0.480 e. The van der Waals surface area contributed by atoms with Crippen molar-refractivity contribution in [2.75, 3.05) is 14.2 Å². The van der Waals surface area contributed by atoms with E-state index in [2.05, 4.69) is 27.6 Å². The lowest BCUT2D eigenvalue weighted by Crippen LogP contribution is -2.20. The first-order valence-electron chi connectivity index (χ1n) is 5.92. The molecule has 1 atom stereocenters. The Morgan fingerprint density at radius 1 is 1.11 bits per heavy atom. The molecule has 0 saturated carbocycles. The van der Waals surface area contributed by atoms with Gasteiger partial charge in [-0.3, -0.25) is 0 Å². The largest absolute Gasteiger partial charge is 0.480 e. The van der Waals surface area contributed by atoms with E-state index in [-0.39, 0.29) is 6.04 Å². The molecule has 2 rings (SSSR count). The van der Waals surface area contributed by atoms with E-state index in [1.807, 2.05) is 37.4 Å². The summed E-state index contributed by atoms with van der Waals surface area (Å²) >= 11 is 0. The molecule has 1 aromatic heterocycles. The zero-order valence-electron chi connectivity index (χ0n) is 10.6. The van der Waals surface area contributed by atoms with Gasteiger partial charge in [0.15, 0.2) is 0 Å². The third-order valence-corrected chi connectivity index (χ3v) is 2.86. The van der Waals surface area contributed by atoms with Crippen molar-refractivity contribution < 1.29 is 4.74 Å². The van der Waals surface area contributed by atoms with Crippen molar-refractivity contribution in [3.05, 3.63) is 53.7 Å². The number of hydrogen-bond donors (Lipinski definition) is 1. The molecule has 1 heterocycles. The molecule has 94 valence electrons. The Bertz CT molecular complexity index is 470. The Labute approximate surface area is 107 Å². The Morgan fingerprint density at radius 2 is 1.89 bits per heavy atom. The van der Waals surface area contributed by atoms with Crippen LogP contribution in [0.4, 0.5) is 0 Å². The van der Waals surface area contributed by atoms with Gasteiger partial charge in [0.2, 0.25) is 5.88 Å². The fourth-order valence-corrected chi connectivity index (χ4v) is 1.83. The molecule has 2 aromatic rings. The van der Waals surface area contributed by atoms with Crippen LogP contribution in [0.2, 0.25) is 0 Å². The molecule has 0 aliphatic carbocycles. The molecule has 0 spiro atoms. The predicted molar refractivity (Wildman–Crippen MR) is 70.5 cm³/mol. The Balaban J connectivity index is 2.12. The first-order chi connectivity index (χ1) is 8.83. The van der Waals surface area contributed by atoms with Gasteiger partial charge >= 0.3 is 0 Å². The van der Waals surface area contributed by atoms with E-state index in [1.54, 1.807) is 7.11 Å². The maximum absolute atomic E-state index is 5.01. The van der Waals surface area contributed by atoms with Crippen LogP contribution in [0.1, 0.15) is 17.3 Å². The van der Waals surface area contributed by atoms with Crippen molar-refractivity contribution in [1.29, 1.82) is 0 Å². The third-order valence-electron chi connectivity index (χ3n) is 2.86. The maximum Gasteiger partial charge on any atom is 0.233 e. The normalized spacial score (nSPS) is 12.1. The van der Waals surface area contributed by atoms with E-state index >= 15 is 0 Å². The molecule has 0 amide bonds. The molecule has 0 saturated heterocycles. The zero-order valence-corrected chi connectivity index (χ0v) is 10.6. The van der Waals surface area contributed by atoms with E-state index in [9.17, 15) is 0 Å². The number of nitrogens with zero attached hydrogens (tertiary/aromatic N) is 2. The van der Waals surface area contributed by atoms with Crippen LogP contribution in [0, 0.1) is 0 Å². The van der Waals surface area contributed by atoms with Crippen LogP contribution in [0.25, 0.3) is 0 Å². The topological polar surface area (TPSA) is 47.0 Å². The molecule has 0 aliphatic rings. The predicted octanol–water partition coefficient (Wildman–Crippen LogP) is 1.99. The molecule has 1 aromatic carbocycles. The summed E-state index contributed by atoms with van der Waals surface area (Å²) in [5.74, 6) is 0.535. The molecule has 18 heavy (non-hydrogen) atoms. The van der Waals surface area contributed by atoms with E-state index in [4.69, 9.17) is 4.74 Å². The fourth-order valence-electron chi connectivity index (χ4n) is 1.83. The van der Waals surface area contributed by atoms with Crippen molar-refractivity contribution >= 4 is 0 Å². The second kappa shape index (κ2) is 6.12. The van der Waals surface area contributed by atoms with Gasteiger partial charge in [-0.05, 0) is 25.1 Å². The fraction of sp³-hybridized carbons (Fsp3) is 0.286. The molecule has 0 bridgehead atoms. The van der Waals surface area contributed by atoms with Crippen LogP contribution in [0.3, 0.4) is 0 Å². The second-order valence-electron chi connectivity index (χ2n) is 4.03. The zero-order chi connectivity index (χ0) is 12.8. The van der Waals surface area contributed by atoms with Gasteiger partial charge in [0.25, 0.3) is 0 Å². The quantitative estimate of drug-likeness (QED) is 0.872.